The summed E-state index contributed by atoms with van der Waals surface area (Å²) in [5, 5.41) is 4.50. The van der Waals surface area contributed by atoms with Gasteiger partial charge in [0, 0.05) is 24.8 Å². The smallest absolute Gasteiger partial charge is 0.245 e. The molecule has 1 atom stereocenters. The van der Waals surface area contributed by atoms with E-state index in [4.69, 9.17) is 5.73 Å². The highest BCUT2D eigenvalue weighted by molar-refractivity contribution is 5.46. The zero-order chi connectivity index (χ0) is 11.1. The van der Waals surface area contributed by atoms with Gasteiger partial charge in [-0.1, -0.05) is 6.07 Å². The molecule has 2 N–H and O–H groups in total. The number of nitrogens with two attached hydrogens (primary N) is 1. The van der Waals surface area contributed by atoms with Crippen LogP contribution in [-0.4, -0.2) is 33.7 Å². The molecule has 1 aliphatic rings. The number of aryl methyl sites for hydroxylation is 1. The molecule has 2 aromatic rings. The van der Waals surface area contributed by atoms with Crippen molar-refractivity contribution in [3.63, 3.8) is 0 Å². The molecule has 0 amide bonds. The van der Waals surface area contributed by atoms with E-state index in [1.807, 2.05) is 29.6 Å². The van der Waals surface area contributed by atoms with E-state index in [0.717, 1.165) is 36.8 Å². The van der Waals surface area contributed by atoms with Crippen molar-refractivity contribution in [2.24, 2.45) is 5.73 Å². The highest BCUT2D eigenvalue weighted by Crippen LogP contribution is 2.17. The first-order chi connectivity index (χ1) is 7.74. The van der Waals surface area contributed by atoms with Crippen LogP contribution in [0.15, 0.2) is 18.2 Å². The molecule has 5 heteroatoms. The lowest BCUT2D eigenvalue weighted by atomic mass is 10.3. The third kappa shape index (κ3) is 1.44. The number of fused-ring (bicyclic) bond motifs is 1. The monoisotopic (exact) mass is 217 g/mol. The van der Waals surface area contributed by atoms with Gasteiger partial charge in [0.2, 0.25) is 5.95 Å². The van der Waals surface area contributed by atoms with Crippen LogP contribution in [0.5, 0.6) is 0 Å². The van der Waals surface area contributed by atoms with Crippen LogP contribution in [0.4, 0.5) is 5.95 Å². The Balaban J connectivity index is 2.02. The Bertz CT molecular complexity index is 518. The summed E-state index contributed by atoms with van der Waals surface area (Å²) in [7, 11) is 0. The van der Waals surface area contributed by atoms with E-state index < -0.39 is 0 Å². The Morgan fingerprint density at radius 1 is 1.44 bits per heavy atom. The number of rotatable bonds is 1. The first-order valence-electron chi connectivity index (χ1n) is 5.57. The molecule has 0 saturated carbocycles. The van der Waals surface area contributed by atoms with Crippen LogP contribution in [0.2, 0.25) is 0 Å². The maximum absolute atomic E-state index is 5.88. The van der Waals surface area contributed by atoms with Gasteiger partial charge in [0.15, 0.2) is 5.65 Å². The number of hydrogen-bond donors (Lipinski definition) is 1. The zero-order valence-corrected chi connectivity index (χ0v) is 9.30. The summed E-state index contributed by atoms with van der Waals surface area (Å²) in [6.07, 6.45) is 1.02. The third-order valence-corrected chi connectivity index (χ3v) is 3.05. The highest BCUT2D eigenvalue weighted by Gasteiger charge is 2.22. The highest BCUT2D eigenvalue weighted by atomic mass is 15.4. The lowest BCUT2D eigenvalue weighted by Gasteiger charge is -2.11. The first kappa shape index (κ1) is 9.59. The molecule has 0 aromatic carbocycles. The summed E-state index contributed by atoms with van der Waals surface area (Å²) in [5.41, 5.74) is 7.88. The summed E-state index contributed by atoms with van der Waals surface area (Å²) in [5.74, 6) is 0.794. The fourth-order valence-corrected chi connectivity index (χ4v) is 2.13. The van der Waals surface area contributed by atoms with Crippen molar-refractivity contribution < 1.29 is 0 Å². The van der Waals surface area contributed by atoms with Crippen molar-refractivity contribution >= 4 is 11.6 Å². The molecule has 1 saturated heterocycles. The largest absolute Gasteiger partial charge is 0.338 e. The second-order valence-corrected chi connectivity index (χ2v) is 4.34. The molecule has 84 valence electrons. The average Bonchev–Trinajstić information content (AvgIpc) is 2.84. The van der Waals surface area contributed by atoms with Gasteiger partial charge in [-0.3, -0.25) is 0 Å². The average molecular weight is 217 g/mol. The van der Waals surface area contributed by atoms with Gasteiger partial charge in [-0.2, -0.15) is 4.98 Å². The van der Waals surface area contributed by atoms with Gasteiger partial charge in [-0.05, 0) is 25.5 Å². The van der Waals surface area contributed by atoms with E-state index in [1.54, 1.807) is 0 Å². The maximum atomic E-state index is 5.88. The normalized spacial score (nSPS) is 20.9. The lowest BCUT2D eigenvalue weighted by Crippen LogP contribution is -2.27. The SMILES string of the molecule is Cc1cccc2nc(N3CCC(N)C3)nn12. The maximum Gasteiger partial charge on any atom is 0.245 e. The van der Waals surface area contributed by atoms with E-state index in [0.29, 0.717) is 0 Å². The molecule has 16 heavy (non-hydrogen) atoms. The van der Waals surface area contributed by atoms with Gasteiger partial charge in [-0.15, -0.1) is 5.10 Å². The summed E-state index contributed by atoms with van der Waals surface area (Å²) in [4.78, 5) is 6.66. The van der Waals surface area contributed by atoms with Gasteiger partial charge in [0.05, 0.1) is 0 Å². The zero-order valence-electron chi connectivity index (χ0n) is 9.30. The predicted molar refractivity (Wildman–Crippen MR) is 62.5 cm³/mol. The van der Waals surface area contributed by atoms with Gasteiger partial charge in [0.1, 0.15) is 0 Å². The lowest BCUT2D eigenvalue weighted by molar-refractivity contribution is 0.749. The van der Waals surface area contributed by atoms with Crippen molar-refractivity contribution in [2.75, 3.05) is 18.0 Å². The molecule has 0 spiro atoms. The molecule has 2 aromatic heterocycles. The second-order valence-electron chi connectivity index (χ2n) is 4.34. The van der Waals surface area contributed by atoms with Crippen molar-refractivity contribution in [1.29, 1.82) is 0 Å². The number of anilines is 1. The Morgan fingerprint density at radius 2 is 2.31 bits per heavy atom. The summed E-state index contributed by atoms with van der Waals surface area (Å²) in [6.45, 7) is 3.84. The summed E-state index contributed by atoms with van der Waals surface area (Å²) in [6, 6.07) is 6.26. The molecule has 5 nitrogen and oxygen atoms in total. The minimum absolute atomic E-state index is 0.257. The van der Waals surface area contributed by atoms with Crippen LogP contribution >= 0.6 is 0 Å². The molecule has 0 radical (unpaired) electrons. The van der Waals surface area contributed by atoms with Crippen LogP contribution in [0, 0.1) is 6.92 Å². The fraction of sp³-hybridized carbons (Fsp3) is 0.455. The van der Waals surface area contributed by atoms with Gasteiger partial charge in [-0.25, -0.2) is 4.52 Å². The second kappa shape index (κ2) is 3.45. The number of nitrogens with zero attached hydrogens (tertiary/aromatic N) is 4. The molecule has 0 aliphatic carbocycles. The molecule has 1 unspecified atom stereocenters. The van der Waals surface area contributed by atoms with Crippen LogP contribution in [0.1, 0.15) is 12.1 Å². The standard InChI is InChI=1S/C11H15N5/c1-8-3-2-4-10-13-11(14-16(8)10)15-6-5-9(12)7-15/h2-4,9H,5-7,12H2,1H3. The van der Waals surface area contributed by atoms with E-state index in [1.165, 1.54) is 0 Å². The predicted octanol–water partition coefficient (Wildman–Crippen LogP) is 0.575. The van der Waals surface area contributed by atoms with E-state index in [-0.39, 0.29) is 6.04 Å². The Labute approximate surface area is 93.9 Å². The van der Waals surface area contributed by atoms with Crippen molar-refractivity contribution in [2.45, 2.75) is 19.4 Å². The number of aromatic nitrogens is 3. The topological polar surface area (TPSA) is 59.5 Å². The number of hydrogen-bond acceptors (Lipinski definition) is 4. The minimum Gasteiger partial charge on any atom is -0.338 e. The summed E-state index contributed by atoms with van der Waals surface area (Å²) >= 11 is 0. The van der Waals surface area contributed by atoms with E-state index >= 15 is 0 Å². The molecular weight excluding hydrogens is 202 g/mol. The first-order valence-corrected chi connectivity index (χ1v) is 5.57. The van der Waals surface area contributed by atoms with Crippen molar-refractivity contribution in [3.8, 4) is 0 Å². The Kier molecular flexibility index (Phi) is 2.07. The van der Waals surface area contributed by atoms with Gasteiger partial charge < -0.3 is 10.6 Å². The molecule has 1 aliphatic heterocycles. The quantitative estimate of drug-likeness (QED) is 0.759. The van der Waals surface area contributed by atoms with Crippen LogP contribution in [-0.2, 0) is 0 Å². The van der Waals surface area contributed by atoms with Crippen LogP contribution in [0.3, 0.4) is 0 Å². The Hall–Kier alpha value is -1.62. The van der Waals surface area contributed by atoms with Crippen molar-refractivity contribution in [1.82, 2.24) is 14.6 Å². The van der Waals surface area contributed by atoms with Gasteiger partial charge in [0.25, 0.3) is 0 Å². The third-order valence-electron chi connectivity index (χ3n) is 3.05. The van der Waals surface area contributed by atoms with E-state index in [2.05, 4.69) is 15.0 Å². The minimum atomic E-state index is 0.257. The molecular formula is C11H15N5. The molecule has 0 bridgehead atoms. The summed E-state index contributed by atoms with van der Waals surface area (Å²) < 4.78 is 1.87. The van der Waals surface area contributed by atoms with Gasteiger partial charge >= 0.3 is 0 Å². The number of pyridine rings is 1. The van der Waals surface area contributed by atoms with E-state index in [9.17, 15) is 0 Å². The fourth-order valence-electron chi connectivity index (χ4n) is 2.13. The van der Waals surface area contributed by atoms with Crippen LogP contribution in [0.25, 0.3) is 5.65 Å². The van der Waals surface area contributed by atoms with Crippen molar-refractivity contribution in [3.05, 3.63) is 23.9 Å². The molecule has 3 heterocycles. The Morgan fingerprint density at radius 3 is 3.00 bits per heavy atom. The van der Waals surface area contributed by atoms with Crippen LogP contribution < -0.4 is 10.6 Å². The molecule has 3 rings (SSSR count). The molecule has 1 fully saturated rings.